The van der Waals surface area contributed by atoms with Crippen LogP contribution in [-0.4, -0.2) is 61.3 Å². The second-order valence-corrected chi connectivity index (χ2v) is 5.03. The molecule has 10 heteroatoms. The number of carbonyl (C=O) groups excluding carboxylic acids is 4. The number of hydrogen-bond donors (Lipinski definition) is 0. The quantitative estimate of drug-likeness (QED) is 0.500. The van der Waals surface area contributed by atoms with Crippen LogP contribution in [0.25, 0.3) is 0 Å². The second kappa shape index (κ2) is 8.57. The van der Waals surface area contributed by atoms with E-state index in [-0.39, 0.29) is 0 Å². The van der Waals surface area contributed by atoms with Crippen molar-refractivity contribution in [3.8, 4) is 0 Å². The van der Waals surface area contributed by atoms with E-state index in [0.717, 1.165) is 27.7 Å². The van der Waals surface area contributed by atoms with E-state index in [1.165, 1.54) is 0 Å². The number of hydrogen-bond acceptors (Lipinski definition) is 9. The van der Waals surface area contributed by atoms with Gasteiger partial charge in [-0.1, -0.05) is 0 Å². The van der Waals surface area contributed by atoms with Crippen molar-refractivity contribution in [2.24, 2.45) is 0 Å². The van der Waals surface area contributed by atoms with Gasteiger partial charge in [0.25, 0.3) is 0 Å². The molecule has 24 heavy (non-hydrogen) atoms. The summed E-state index contributed by atoms with van der Waals surface area (Å²) in [4.78, 5) is 45.1. The second-order valence-electron chi connectivity index (χ2n) is 5.03. The Hall–Kier alpha value is -2.23. The predicted octanol–water partition coefficient (Wildman–Crippen LogP) is 0.0390. The van der Waals surface area contributed by atoms with Crippen LogP contribution in [0.4, 0.5) is 4.39 Å². The van der Waals surface area contributed by atoms with Gasteiger partial charge in [-0.3, -0.25) is 19.2 Å². The van der Waals surface area contributed by atoms with Crippen molar-refractivity contribution in [3.63, 3.8) is 0 Å². The SMILES string of the molecule is CC(=O)OC1O[C@H](CF)[C@@H](OC(C)=O)[C@@H](OC(C)=O)[C@@H]1OC(C)=O. The van der Waals surface area contributed by atoms with Crippen molar-refractivity contribution < 1.29 is 47.3 Å². The van der Waals surface area contributed by atoms with Crippen molar-refractivity contribution in [1.82, 2.24) is 0 Å². The van der Waals surface area contributed by atoms with Gasteiger partial charge in [0, 0.05) is 27.7 Å². The summed E-state index contributed by atoms with van der Waals surface area (Å²) in [6, 6.07) is 0. The lowest BCUT2D eigenvalue weighted by Gasteiger charge is -2.43. The van der Waals surface area contributed by atoms with Gasteiger partial charge in [0.1, 0.15) is 12.8 Å². The van der Waals surface area contributed by atoms with E-state index in [1.54, 1.807) is 0 Å². The first-order valence-corrected chi connectivity index (χ1v) is 7.06. The maximum Gasteiger partial charge on any atom is 0.305 e. The van der Waals surface area contributed by atoms with E-state index in [4.69, 9.17) is 23.7 Å². The highest BCUT2D eigenvalue weighted by molar-refractivity contribution is 5.69. The van der Waals surface area contributed by atoms with Gasteiger partial charge in [0.2, 0.25) is 12.4 Å². The van der Waals surface area contributed by atoms with Crippen LogP contribution in [0.5, 0.6) is 0 Å². The highest BCUT2D eigenvalue weighted by Gasteiger charge is 2.53. The maximum atomic E-state index is 13.3. The highest BCUT2D eigenvalue weighted by Crippen LogP contribution is 2.29. The standard InChI is InChI=1S/C14H19FO9/c1-6(16)20-11-10(5-15)24-14(23-9(4)19)13(22-8(3)18)12(11)21-7(2)17/h10-14H,5H2,1-4H3/t10-,11-,12-,13+,14?/m1/s1. The molecule has 1 aliphatic heterocycles. The number of carbonyl (C=O) groups is 4. The highest BCUT2D eigenvalue weighted by atomic mass is 19.1. The maximum absolute atomic E-state index is 13.3. The lowest BCUT2D eigenvalue weighted by atomic mass is 9.98. The third kappa shape index (κ3) is 5.44. The van der Waals surface area contributed by atoms with E-state index in [9.17, 15) is 23.6 Å². The average molecular weight is 350 g/mol. The molecule has 0 amide bonds. The van der Waals surface area contributed by atoms with Crippen LogP contribution in [0, 0.1) is 0 Å². The molecule has 136 valence electrons. The summed E-state index contributed by atoms with van der Waals surface area (Å²) in [5, 5.41) is 0. The number of rotatable bonds is 5. The summed E-state index contributed by atoms with van der Waals surface area (Å²) in [5.74, 6) is -3.16. The smallest absolute Gasteiger partial charge is 0.305 e. The summed E-state index contributed by atoms with van der Waals surface area (Å²) < 4.78 is 38.4. The van der Waals surface area contributed by atoms with Gasteiger partial charge >= 0.3 is 23.9 Å². The molecule has 0 radical (unpaired) electrons. The molecule has 1 heterocycles. The van der Waals surface area contributed by atoms with Crippen LogP contribution in [0.3, 0.4) is 0 Å². The summed E-state index contributed by atoms with van der Waals surface area (Å²) in [5.41, 5.74) is 0. The average Bonchev–Trinajstić information content (AvgIpc) is 2.42. The molecule has 0 aromatic rings. The van der Waals surface area contributed by atoms with Gasteiger partial charge in [-0.25, -0.2) is 4.39 Å². The van der Waals surface area contributed by atoms with E-state index in [2.05, 4.69) is 0 Å². The first-order valence-electron chi connectivity index (χ1n) is 7.06. The molecule has 9 nitrogen and oxygen atoms in total. The third-order valence-corrected chi connectivity index (χ3v) is 2.93. The van der Waals surface area contributed by atoms with Gasteiger partial charge in [-0.15, -0.1) is 0 Å². The summed E-state index contributed by atoms with van der Waals surface area (Å²) in [6.07, 6.45) is -7.12. The summed E-state index contributed by atoms with van der Waals surface area (Å²) >= 11 is 0. The number of halogens is 1. The Morgan fingerprint density at radius 1 is 0.750 bits per heavy atom. The molecule has 0 aromatic carbocycles. The van der Waals surface area contributed by atoms with Gasteiger partial charge in [0.15, 0.2) is 12.2 Å². The van der Waals surface area contributed by atoms with Gasteiger partial charge < -0.3 is 23.7 Å². The lowest BCUT2D eigenvalue weighted by Crippen LogP contribution is -2.62. The molecule has 5 atom stereocenters. The largest absolute Gasteiger partial charge is 0.456 e. The minimum absolute atomic E-state index is 0.785. The van der Waals surface area contributed by atoms with Crippen molar-refractivity contribution in [2.75, 3.05) is 6.67 Å². The minimum atomic E-state index is -1.52. The molecule has 0 saturated carbocycles. The summed E-state index contributed by atoms with van der Waals surface area (Å²) in [7, 11) is 0. The van der Waals surface area contributed by atoms with Gasteiger partial charge in [-0.05, 0) is 0 Å². The molecule has 1 rings (SSSR count). The molecule has 1 aliphatic rings. The van der Waals surface area contributed by atoms with Crippen LogP contribution in [0.15, 0.2) is 0 Å². The van der Waals surface area contributed by atoms with Gasteiger partial charge in [0.05, 0.1) is 0 Å². The Balaban J connectivity index is 3.23. The molecule has 1 fully saturated rings. The van der Waals surface area contributed by atoms with Crippen LogP contribution in [-0.2, 0) is 42.9 Å². The van der Waals surface area contributed by atoms with E-state index >= 15 is 0 Å². The Kier molecular flexibility index (Phi) is 7.08. The van der Waals surface area contributed by atoms with Crippen LogP contribution >= 0.6 is 0 Å². The number of ether oxygens (including phenoxy) is 5. The molecule has 0 bridgehead atoms. The molecule has 1 saturated heterocycles. The fourth-order valence-corrected chi connectivity index (χ4v) is 2.24. The Labute approximate surface area is 137 Å². The van der Waals surface area contributed by atoms with Crippen molar-refractivity contribution in [1.29, 1.82) is 0 Å². The van der Waals surface area contributed by atoms with E-state index in [1.807, 2.05) is 0 Å². The van der Waals surface area contributed by atoms with E-state index < -0.39 is 61.3 Å². The normalized spacial score (nSPS) is 29.3. The topological polar surface area (TPSA) is 114 Å². The molecule has 0 aliphatic carbocycles. The Bertz CT molecular complexity index is 506. The van der Waals surface area contributed by atoms with Crippen LogP contribution < -0.4 is 0 Å². The molecule has 0 aromatic heterocycles. The van der Waals surface area contributed by atoms with E-state index in [0.29, 0.717) is 0 Å². The monoisotopic (exact) mass is 350 g/mol. The van der Waals surface area contributed by atoms with Crippen LogP contribution in [0.1, 0.15) is 27.7 Å². The van der Waals surface area contributed by atoms with Crippen molar-refractivity contribution >= 4 is 23.9 Å². The number of esters is 4. The fourth-order valence-electron chi connectivity index (χ4n) is 2.24. The first kappa shape index (κ1) is 19.8. The van der Waals surface area contributed by atoms with Crippen molar-refractivity contribution in [2.45, 2.75) is 58.4 Å². The predicted molar refractivity (Wildman–Crippen MR) is 73.1 cm³/mol. The molecule has 0 spiro atoms. The first-order chi connectivity index (χ1) is 11.1. The fraction of sp³-hybridized carbons (Fsp3) is 0.714. The van der Waals surface area contributed by atoms with Crippen molar-refractivity contribution in [3.05, 3.63) is 0 Å². The minimum Gasteiger partial charge on any atom is -0.456 e. The zero-order valence-electron chi connectivity index (χ0n) is 13.6. The number of alkyl halides is 1. The zero-order chi connectivity index (χ0) is 18.4. The third-order valence-electron chi connectivity index (χ3n) is 2.93. The Morgan fingerprint density at radius 2 is 1.17 bits per heavy atom. The van der Waals surface area contributed by atoms with Gasteiger partial charge in [-0.2, -0.15) is 0 Å². The molecule has 1 unspecified atom stereocenters. The molecular formula is C14H19FO9. The summed E-state index contributed by atoms with van der Waals surface area (Å²) in [6.45, 7) is 3.14. The zero-order valence-corrected chi connectivity index (χ0v) is 13.6. The molecular weight excluding hydrogens is 331 g/mol. The van der Waals surface area contributed by atoms with Crippen LogP contribution in [0.2, 0.25) is 0 Å². The lowest BCUT2D eigenvalue weighted by molar-refractivity contribution is -0.297. The molecule has 0 N–H and O–H groups in total. The Morgan fingerprint density at radius 3 is 1.58 bits per heavy atom.